The number of nitro benzene ring substituents is 1. The van der Waals surface area contributed by atoms with Gasteiger partial charge in [-0.05, 0) is 42.2 Å². The standard InChI is InChI=1S/C15H15NO3/c1-11-9-15(19-2)8-5-13(11)10-12-3-6-14(7-4-12)16(17)18/h3-9H,10H2,1-2H3. The third-order valence-corrected chi connectivity index (χ3v) is 3.09. The van der Waals surface area contributed by atoms with E-state index in [0.29, 0.717) is 0 Å². The Labute approximate surface area is 111 Å². The molecule has 2 aromatic carbocycles. The van der Waals surface area contributed by atoms with Crippen molar-refractivity contribution >= 4 is 5.69 Å². The number of rotatable bonds is 4. The maximum Gasteiger partial charge on any atom is 0.269 e. The summed E-state index contributed by atoms with van der Waals surface area (Å²) in [6.45, 7) is 2.03. The van der Waals surface area contributed by atoms with Crippen LogP contribution in [0.5, 0.6) is 5.75 Å². The Hall–Kier alpha value is -2.36. The number of non-ortho nitro benzene ring substituents is 1. The Balaban J connectivity index is 2.19. The molecule has 0 fully saturated rings. The van der Waals surface area contributed by atoms with Gasteiger partial charge in [0.1, 0.15) is 5.75 Å². The fraction of sp³-hybridized carbons (Fsp3) is 0.200. The van der Waals surface area contributed by atoms with E-state index in [1.54, 1.807) is 19.2 Å². The fourth-order valence-electron chi connectivity index (χ4n) is 1.95. The summed E-state index contributed by atoms with van der Waals surface area (Å²) in [5.74, 6) is 0.838. The van der Waals surface area contributed by atoms with E-state index in [1.165, 1.54) is 17.7 Å². The largest absolute Gasteiger partial charge is 0.497 e. The molecule has 0 bridgehead atoms. The summed E-state index contributed by atoms with van der Waals surface area (Å²) in [4.78, 5) is 10.2. The first kappa shape index (κ1) is 13.1. The molecule has 2 aromatic rings. The number of hydrogen-bond acceptors (Lipinski definition) is 3. The van der Waals surface area contributed by atoms with Gasteiger partial charge in [-0.25, -0.2) is 0 Å². The fourth-order valence-corrected chi connectivity index (χ4v) is 1.95. The van der Waals surface area contributed by atoms with Crippen LogP contribution in [0.4, 0.5) is 5.69 Å². The maximum absolute atomic E-state index is 10.6. The number of methoxy groups -OCH3 is 1. The number of nitrogens with zero attached hydrogens (tertiary/aromatic N) is 1. The second-order valence-corrected chi connectivity index (χ2v) is 4.39. The summed E-state index contributed by atoms with van der Waals surface area (Å²) >= 11 is 0. The third-order valence-electron chi connectivity index (χ3n) is 3.09. The number of hydrogen-bond donors (Lipinski definition) is 0. The summed E-state index contributed by atoms with van der Waals surface area (Å²) < 4.78 is 5.17. The lowest BCUT2D eigenvalue weighted by Gasteiger charge is -2.08. The highest BCUT2D eigenvalue weighted by Crippen LogP contribution is 2.21. The molecule has 98 valence electrons. The van der Waals surface area contributed by atoms with E-state index >= 15 is 0 Å². The van der Waals surface area contributed by atoms with Gasteiger partial charge in [0.05, 0.1) is 12.0 Å². The molecule has 0 saturated carbocycles. The minimum atomic E-state index is -0.386. The van der Waals surface area contributed by atoms with E-state index in [2.05, 4.69) is 0 Å². The summed E-state index contributed by atoms with van der Waals surface area (Å²) in [7, 11) is 1.64. The van der Waals surface area contributed by atoms with Gasteiger partial charge in [0.2, 0.25) is 0 Å². The van der Waals surface area contributed by atoms with Gasteiger partial charge in [0, 0.05) is 12.1 Å². The van der Waals surface area contributed by atoms with Gasteiger partial charge in [-0.3, -0.25) is 10.1 Å². The Bertz CT molecular complexity index is 591. The first-order valence-corrected chi connectivity index (χ1v) is 5.97. The first-order valence-electron chi connectivity index (χ1n) is 5.97. The van der Waals surface area contributed by atoms with Crippen LogP contribution < -0.4 is 4.74 Å². The van der Waals surface area contributed by atoms with Crippen molar-refractivity contribution < 1.29 is 9.66 Å². The molecule has 0 spiro atoms. The van der Waals surface area contributed by atoms with Crippen molar-refractivity contribution in [1.29, 1.82) is 0 Å². The average molecular weight is 257 g/mol. The van der Waals surface area contributed by atoms with Gasteiger partial charge in [0.25, 0.3) is 5.69 Å². The van der Waals surface area contributed by atoms with Crippen LogP contribution in [0.2, 0.25) is 0 Å². The van der Waals surface area contributed by atoms with Crippen molar-refractivity contribution in [2.45, 2.75) is 13.3 Å². The van der Waals surface area contributed by atoms with Gasteiger partial charge in [-0.15, -0.1) is 0 Å². The molecule has 2 rings (SSSR count). The van der Waals surface area contributed by atoms with Gasteiger partial charge in [0.15, 0.2) is 0 Å². The van der Waals surface area contributed by atoms with E-state index in [1.807, 2.05) is 25.1 Å². The Morgan fingerprint density at radius 3 is 2.37 bits per heavy atom. The molecule has 0 unspecified atom stereocenters. The molecule has 0 aliphatic carbocycles. The van der Waals surface area contributed by atoms with Crippen LogP contribution >= 0.6 is 0 Å². The predicted molar refractivity (Wildman–Crippen MR) is 73.6 cm³/mol. The predicted octanol–water partition coefficient (Wildman–Crippen LogP) is 3.50. The molecule has 19 heavy (non-hydrogen) atoms. The SMILES string of the molecule is COc1ccc(Cc2ccc([N+](=O)[O-])cc2)c(C)c1. The summed E-state index contributed by atoms with van der Waals surface area (Å²) in [6, 6.07) is 12.6. The highest BCUT2D eigenvalue weighted by Gasteiger charge is 2.06. The van der Waals surface area contributed by atoms with Crippen molar-refractivity contribution in [1.82, 2.24) is 0 Å². The second-order valence-electron chi connectivity index (χ2n) is 4.39. The summed E-state index contributed by atoms with van der Waals surface area (Å²) in [5, 5.41) is 10.6. The van der Waals surface area contributed by atoms with Crippen molar-refractivity contribution in [2.24, 2.45) is 0 Å². The minimum Gasteiger partial charge on any atom is -0.497 e. The molecule has 4 heteroatoms. The van der Waals surface area contributed by atoms with Crippen molar-refractivity contribution in [3.05, 3.63) is 69.3 Å². The zero-order chi connectivity index (χ0) is 13.8. The monoisotopic (exact) mass is 257 g/mol. The van der Waals surface area contributed by atoms with Crippen molar-refractivity contribution in [2.75, 3.05) is 7.11 Å². The van der Waals surface area contributed by atoms with Crippen LogP contribution in [0, 0.1) is 17.0 Å². The van der Waals surface area contributed by atoms with E-state index in [4.69, 9.17) is 4.74 Å². The molecular weight excluding hydrogens is 242 g/mol. The number of aryl methyl sites for hydroxylation is 1. The van der Waals surface area contributed by atoms with Crippen molar-refractivity contribution in [3.8, 4) is 5.75 Å². The third kappa shape index (κ3) is 3.10. The van der Waals surface area contributed by atoms with Gasteiger partial charge in [-0.2, -0.15) is 0 Å². The van der Waals surface area contributed by atoms with E-state index in [0.717, 1.165) is 23.3 Å². The van der Waals surface area contributed by atoms with Crippen molar-refractivity contribution in [3.63, 3.8) is 0 Å². The van der Waals surface area contributed by atoms with Crippen LogP contribution in [-0.2, 0) is 6.42 Å². The quantitative estimate of drug-likeness (QED) is 0.622. The molecule has 0 radical (unpaired) electrons. The molecule has 0 heterocycles. The molecule has 0 saturated heterocycles. The van der Waals surface area contributed by atoms with Crippen LogP contribution in [0.1, 0.15) is 16.7 Å². The summed E-state index contributed by atoms with van der Waals surface area (Å²) in [5.41, 5.74) is 3.52. The maximum atomic E-state index is 10.6. The second kappa shape index (κ2) is 5.52. The molecule has 4 nitrogen and oxygen atoms in total. The molecular formula is C15H15NO3. The smallest absolute Gasteiger partial charge is 0.269 e. The molecule has 0 aliphatic rings. The Kier molecular flexibility index (Phi) is 3.80. The normalized spacial score (nSPS) is 10.2. The highest BCUT2D eigenvalue weighted by molar-refractivity contribution is 5.40. The van der Waals surface area contributed by atoms with E-state index < -0.39 is 0 Å². The molecule has 0 aliphatic heterocycles. The van der Waals surface area contributed by atoms with Gasteiger partial charge >= 0.3 is 0 Å². The first-order chi connectivity index (χ1) is 9.10. The van der Waals surface area contributed by atoms with Crippen LogP contribution in [0.3, 0.4) is 0 Å². The molecule has 0 amide bonds. The zero-order valence-electron chi connectivity index (χ0n) is 10.9. The van der Waals surface area contributed by atoms with E-state index in [-0.39, 0.29) is 10.6 Å². The lowest BCUT2D eigenvalue weighted by atomic mass is 10.0. The van der Waals surface area contributed by atoms with Gasteiger partial charge < -0.3 is 4.74 Å². The highest BCUT2D eigenvalue weighted by atomic mass is 16.6. The van der Waals surface area contributed by atoms with Crippen LogP contribution in [0.25, 0.3) is 0 Å². The number of nitro groups is 1. The minimum absolute atomic E-state index is 0.121. The molecule has 0 N–H and O–H groups in total. The lowest BCUT2D eigenvalue weighted by Crippen LogP contribution is -1.94. The Morgan fingerprint density at radius 1 is 1.16 bits per heavy atom. The van der Waals surface area contributed by atoms with Crippen LogP contribution in [0.15, 0.2) is 42.5 Å². The average Bonchev–Trinajstić information content (AvgIpc) is 2.41. The van der Waals surface area contributed by atoms with Crippen LogP contribution in [-0.4, -0.2) is 12.0 Å². The van der Waals surface area contributed by atoms with E-state index in [9.17, 15) is 10.1 Å². The lowest BCUT2D eigenvalue weighted by molar-refractivity contribution is -0.384. The summed E-state index contributed by atoms with van der Waals surface area (Å²) in [6.07, 6.45) is 0.758. The number of ether oxygens (including phenoxy) is 1. The zero-order valence-corrected chi connectivity index (χ0v) is 10.9. The number of benzene rings is 2. The molecule has 0 atom stereocenters. The molecule has 0 aromatic heterocycles. The van der Waals surface area contributed by atoms with Gasteiger partial charge in [-0.1, -0.05) is 18.2 Å². The topological polar surface area (TPSA) is 52.4 Å². The Morgan fingerprint density at radius 2 is 1.84 bits per heavy atom.